The molecule has 4 nitrogen and oxygen atoms in total. The molecule has 0 amide bonds. The summed E-state index contributed by atoms with van der Waals surface area (Å²) in [5.41, 5.74) is -0.482. The molecule has 0 spiro atoms. The van der Waals surface area contributed by atoms with Crippen molar-refractivity contribution in [1.82, 2.24) is 9.88 Å². The lowest BCUT2D eigenvalue weighted by atomic mass is 9.91. The van der Waals surface area contributed by atoms with Crippen LogP contribution in [-0.4, -0.2) is 33.7 Å². The zero-order chi connectivity index (χ0) is 12.7. The van der Waals surface area contributed by atoms with E-state index in [4.69, 9.17) is 4.42 Å². The molecule has 0 aromatic carbocycles. The number of rotatable bonds is 3. The fraction of sp³-hybridized carbons (Fsp3) is 0.769. The molecule has 1 aromatic rings. The highest BCUT2D eigenvalue weighted by molar-refractivity contribution is 5.06. The van der Waals surface area contributed by atoms with Crippen LogP contribution in [0.25, 0.3) is 0 Å². The molecule has 96 valence electrons. The number of oxazole rings is 1. The van der Waals surface area contributed by atoms with E-state index in [1.54, 1.807) is 6.20 Å². The molecule has 0 bridgehead atoms. The molecule has 1 fully saturated rings. The normalized spacial score (nSPS) is 20.3. The first-order chi connectivity index (χ1) is 7.82. The summed E-state index contributed by atoms with van der Waals surface area (Å²) in [6.07, 6.45) is 2.61. The number of aromatic nitrogens is 1. The molecule has 1 aliphatic rings. The third-order valence-corrected chi connectivity index (χ3v) is 3.35. The average molecular weight is 238 g/mol. The Bertz CT molecular complexity index is 386. The van der Waals surface area contributed by atoms with E-state index in [-0.39, 0.29) is 5.41 Å². The quantitative estimate of drug-likeness (QED) is 0.874. The molecule has 2 heterocycles. The van der Waals surface area contributed by atoms with E-state index >= 15 is 0 Å². The van der Waals surface area contributed by atoms with E-state index in [0.29, 0.717) is 6.54 Å². The van der Waals surface area contributed by atoms with Crippen molar-refractivity contribution in [3.63, 3.8) is 0 Å². The van der Waals surface area contributed by atoms with Crippen LogP contribution in [0.1, 0.15) is 45.8 Å². The van der Waals surface area contributed by atoms with Crippen LogP contribution in [0, 0.1) is 0 Å². The molecule has 1 aliphatic heterocycles. The van der Waals surface area contributed by atoms with Crippen molar-refractivity contribution < 1.29 is 9.52 Å². The molecular weight excluding hydrogens is 216 g/mol. The maximum Gasteiger partial charge on any atom is 0.208 e. The van der Waals surface area contributed by atoms with Gasteiger partial charge in [-0.2, -0.15) is 0 Å². The van der Waals surface area contributed by atoms with Crippen molar-refractivity contribution in [2.75, 3.05) is 13.1 Å². The third-order valence-electron chi connectivity index (χ3n) is 3.35. The van der Waals surface area contributed by atoms with Crippen LogP contribution in [0.5, 0.6) is 0 Å². The Morgan fingerprint density at radius 3 is 2.59 bits per heavy atom. The van der Waals surface area contributed by atoms with Gasteiger partial charge in [0.15, 0.2) is 0 Å². The van der Waals surface area contributed by atoms with E-state index in [1.165, 1.54) is 0 Å². The Morgan fingerprint density at radius 2 is 2.12 bits per heavy atom. The molecule has 0 radical (unpaired) electrons. The fourth-order valence-corrected chi connectivity index (χ4v) is 2.04. The molecule has 0 atom stereocenters. The summed E-state index contributed by atoms with van der Waals surface area (Å²) < 4.78 is 5.72. The Hall–Kier alpha value is -0.870. The van der Waals surface area contributed by atoms with E-state index in [2.05, 4.69) is 30.7 Å². The minimum Gasteiger partial charge on any atom is -0.444 e. The summed E-state index contributed by atoms with van der Waals surface area (Å²) in [7, 11) is 0. The van der Waals surface area contributed by atoms with Gasteiger partial charge in [-0.15, -0.1) is 0 Å². The molecule has 1 aromatic heterocycles. The zero-order valence-corrected chi connectivity index (χ0v) is 11.2. The largest absolute Gasteiger partial charge is 0.444 e. The number of β-amino-alcohol motifs (C(OH)–C–C–N with tert-alkyl or cyclic N) is 1. The molecule has 1 saturated heterocycles. The highest BCUT2D eigenvalue weighted by Gasteiger charge is 2.39. The second kappa shape index (κ2) is 4.10. The second-order valence-electron chi connectivity index (χ2n) is 6.09. The van der Waals surface area contributed by atoms with Crippen molar-refractivity contribution in [2.45, 2.75) is 51.7 Å². The third kappa shape index (κ3) is 2.69. The smallest absolute Gasteiger partial charge is 0.208 e. The van der Waals surface area contributed by atoms with Crippen LogP contribution in [0.2, 0.25) is 0 Å². The Morgan fingerprint density at radius 1 is 1.47 bits per heavy atom. The van der Waals surface area contributed by atoms with E-state index in [1.807, 2.05) is 6.92 Å². The van der Waals surface area contributed by atoms with Gasteiger partial charge in [-0.1, -0.05) is 27.7 Å². The SMILES string of the molecule is CCC1(O)CN(Cc2ncc(C(C)(C)C)o2)C1. The lowest BCUT2D eigenvalue weighted by molar-refractivity contribution is -0.105. The van der Waals surface area contributed by atoms with Gasteiger partial charge in [-0.25, -0.2) is 4.98 Å². The number of hydrogen-bond acceptors (Lipinski definition) is 4. The van der Waals surface area contributed by atoms with Gasteiger partial charge < -0.3 is 9.52 Å². The predicted molar refractivity (Wildman–Crippen MR) is 65.7 cm³/mol. The first-order valence-corrected chi connectivity index (χ1v) is 6.22. The van der Waals surface area contributed by atoms with Crippen molar-refractivity contribution >= 4 is 0 Å². The van der Waals surface area contributed by atoms with E-state index in [0.717, 1.165) is 31.2 Å². The topological polar surface area (TPSA) is 49.5 Å². The summed E-state index contributed by atoms with van der Waals surface area (Å²) in [5, 5.41) is 9.91. The first kappa shape index (κ1) is 12.6. The minimum absolute atomic E-state index is 0.00432. The summed E-state index contributed by atoms with van der Waals surface area (Å²) >= 11 is 0. The van der Waals surface area contributed by atoms with Crippen LogP contribution in [0.15, 0.2) is 10.6 Å². The molecule has 17 heavy (non-hydrogen) atoms. The first-order valence-electron chi connectivity index (χ1n) is 6.22. The highest BCUT2D eigenvalue weighted by atomic mass is 16.4. The summed E-state index contributed by atoms with van der Waals surface area (Å²) in [5.74, 6) is 1.66. The second-order valence-corrected chi connectivity index (χ2v) is 6.09. The van der Waals surface area contributed by atoms with Gasteiger partial charge in [0, 0.05) is 18.5 Å². The molecule has 4 heteroatoms. The maximum atomic E-state index is 9.91. The average Bonchev–Trinajstić information content (AvgIpc) is 2.63. The Labute approximate surface area is 103 Å². The predicted octanol–water partition coefficient (Wildman–Crippen LogP) is 1.93. The van der Waals surface area contributed by atoms with Crippen LogP contribution in [-0.2, 0) is 12.0 Å². The van der Waals surface area contributed by atoms with Gasteiger partial charge in [0.05, 0.1) is 18.3 Å². The highest BCUT2D eigenvalue weighted by Crippen LogP contribution is 2.27. The lowest BCUT2D eigenvalue weighted by Gasteiger charge is -2.45. The van der Waals surface area contributed by atoms with Crippen LogP contribution in [0.3, 0.4) is 0 Å². The number of aliphatic hydroxyl groups is 1. The van der Waals surface area contributed by atoms with Gasteiger partial charge in [0.1, 0.15) is 5.76 Å². The zero-order valence-electron chi connectivity index (χ0n) is 11.2. The summed E-state index contributed by atoms with van der Waals surface area (Å²) in [6.45, 7) is 10.5. The van der Waals surface area contributed by atoms with Crippen LogP contribution < -0.4 is 0 Å². The molecule has 2 rings (SSSR count). The monoisotopic (exact) mass is 238 g/mol. The number of nitrogens with zero attached hydrogens (tertiary/aromatic N) is 2. The summed E-state index contributed by atoms with van der Waals surface area (Å²) in [6, 6.07) is 0. The van der Waals surface area contributed by atoms with Crippen molar-refractivity contribution in [3.05, 3.63) is 17.8 Å². The van der Waals surface area contributed by atoms with Crippen LogP contribution >= 0.6 is 0 Å². The van der Waals surface area contributed by atoms with Crippen molar-refractivity contribution in [3.8, 4) is 0 Å². The van der Waals surface area contributed by atoms with Gasteiger partial charge >= 0.3 is 0 Å². The Balaban J connectivity index is 1.91. The summed E-state index contributed by atoms with van der Waals surface area (Å²) in [4.78, 5) is 6.44. The molecule has 0 aliphatic carbocycles. The minimum atomic E-state index is -0.487. The molecule has 0 saturated carbocycles. The molecular formula is C13H22N2O2. The van der Waals surface area contributed by atoms with E-state index in [9.17, 15) is 5.11 Å². The van der Waals surface area contributed by atoms with Gasteiger partial charge in [-0.05, 0) is 6.42 Å². The lowest BCUT2D eigenvalue weighted by Crippen LogP contribution is -2.60. The maximum absolute atomic E-state index is 9.91. The van der Waals surface area contributed by atoms with Gasteiger partial charge in [0.25, 0.3) is 0 Å². The number of hydrogen-bond donors (Lipinski definition) is 1. The van der Waals surface area contributed by atoms with Crippen molar-refractivity contribution in [2.24, 2.45) is 0 Å². The van der Waals surface area contributed by atoms with Gasteiger partial charge in [-0.3, -0.25) is 4.90 Å². The van der Waals surface area contributed by atoms with Crippen LogP contribution in [0.4, 0.5) is 0 Å². The molecule has 1 N–H and O–H groups in total. The van der Waals surface area contributed by atoms with E-state index < -0.39 is 5.60 Å². The molecule has 0 unspecified atom stereocenters. The van der Waals surface area contributed by atoms with Crippen molar-refractivity contribution in [1.29, 1.82) is 0 Å². The fourth-order valence-electron chi connectivity index (χ4n) is 2.04. The number of likely N-dealkylation sites (tertiary alicyclic amines) is 1. The van der Waals surface area contributed by atoms with Gasteiger partial charge in [0.2, 0.25) is 5.89 Å². The standard InChI is InChI=1S/C13H22N2O2/c1-5-13(16)8-15(9-13)7-11-14-6-10(17-11)12(2,3)4/h6,16H,5,7-9H2,1-4H3. The Kier molecular flexibility index (Phi) is 3.04.